The highest BCUT2D eigenvalue weighted by molar-refractivity contribution is 6.34. The van der Waals surface area contributed by atoms with Gasteiger partial charge < -0.3 is 15.1 Å². The third-order valence-electron chi connectivity index (χ3n) is 5.57. The average Bonchev–Trinajstić information content (AvgIpc) is 3.22. The molecule has 1 aromatic carbocycles. The Morgan fingerprint density at radius 2 is 1.82 bits per heavy atom. The van der Waals surface area contributed by atoms with Crippen molar-refractivity contribution in [2.24, 2.45) is 5.92 Å². The zero-order chi connectivity index (χ0) is 24.6. The molecule has 13 heteroatoms. The monoisotopic (exact) mass is 495 g/mol. The van der Waals surface area contributed by atoms with E-state index in [0.29, 0.717) is 47.5 Å². The van der Waals surface area contributed by atoms with E-state index in [4.69, 9.17) is 11.6 Å². The average molecular weight is 496 g/mol. The summed E-state index contributed by atoms with van der Waals surface area (Å²) >= 11 is 6.20. The smallest absolute Gasteiger partial charge is 0.355 e. The second kappa shape index (κ2) is 9.09. The highest BCUT2D eigenvalue weighted by Crippen LogP contribution is 2.29. The second-order valence-corrected chi connectivity index (χ2v) is 8.53. The molecule has 180 valence electrons. The number of fused-ring (bicyclic) bond motifs is 1. The lowest BCUT2D eigenvalue weighted by Gasteiger charge is -2.32. The lowest BCUT2D eigenvalue weighted by Crippen LogP contribution is -2.38. The third kappa shape index (κ3) is 4.76. The zero-order valence-corrected chi connectivity index (χ0v) is 19.1. The third-order valence-corrected chi connectivity index (χ3v) is 5.88. The number of anilines is 2. The van der Waals surface area contributed by atoms with Crippen LogP contribution in [0, 0.1) is 5.92 Å². The maximum Gasteiger partial charge on any atom is 0.453 e. The summed E-state index contributed by atoms with van der Waals surface area (Å²) in [6, 6.07) is 7.72. The molecule has 0 atom stereocenters. The van der Waals surface area contributed by atoms with Gasteiger partial charge in [0.2, 0.25) is 5.91 Å². The van der Waals surface area contributed by atoms with E-state index in [1.165, 1.54) is 17.0 Å². The first-order valence-electron chi connectivity index (χ1n) is 10.4. The Morgan fingerprint density at radius 1 is 1.12 bits per heavy atom. The van der Waals surface area contributed by atoms with Gasteiger partial charge in [-0.3, -0.25) is 9.59 Å². The summed E-state index contributed by atoms with van der Waals surface area (Å²) in [6.07, 6.45) is -3.69. The molecule has 3 heterocycles. The van der Waals surface area contributed by atoms with E-state index in [9.17, 15) is 22.8 Å². The first-order chi connectivity index (χ1) is 16.0. The van der Waals surface area contributed by atoms with Crippen LogP contribution in [0.3, 0.4) is 0 Å². The molecule has 1 fully saturated rings. The minimum Gasteiger partial charge on any atom is -0.355 e. The Kier molecular flexibility index (Phi) is 6.34. The van der Waals surface area contributed by atoms with Crippen molar-refractivity contribution in [1.29, 1.82) is 0 Å². The molecule has 0 saturated carbocycles. The fourth-order valence-electron chi connectivity index (χ4n) is 3.75. The molecule has 1 aliphatic heterocycles. The van der Waals surface area contributed by atoms with Crippen molar-refractivity contribution in [3.05, 3.63) is 46.7 Å². The number of hydrogen-bond acceptors (Lipinski definition) is 6. The molecule has 0 unspecified atom stereocenters. The number of piperidine rings is 1. The molecule has 0 radical (unpaired) electrons. The molecule has 0 bridgehead atoms. The molecule has 9 nitrogen and oxygen atoms in total. The summed E-state index contributed by atoms with van der Waals surface area (Å²) in [6.45, 7) is 0.883. The summed E-state index contributed by atoms with van der Waals surface area (Å²) < 4.78 is 40.0. The first kappa shape index (κ1) is 23.7. The van der Waals surface area contributed by atoms with Gasteiger partial charge >= 0.3 is 6.18 Å². The van der Waals surface area contributed by atoms with Crippen LogP contribution in [0.15, 0.2) is 30.3 Å². The van der Waals surface area contributed by atoms with Gasteiger partial charge in [-0.25, -0.2) is 0 Å². The maximum atomic E-state index is 13.1. The maximum absolute atomic E-state index is 13.1. The van der Waals surface area contributed by atoms with Crippen LogP contribution < -0.4 is 10.2 Å². The van der Waals surface area contributed by atoms with Crippen molar-refractivity contribution >= 4 is 40.6 Å². The van der Waals surface area contributed by atoms with Crippen LogP contribution in [0.2, 0.25) is 5.02 Å². The Hall–Kier alpha value is -3.41. The van der Waals surface area contributed by atoms with Crippen molar-refractivity contribution in [2.45, 2.75) is 19.0 Å². The van der Waals surface area contributed by atoms with Gasteiger partial charge in [0, 0.05) is 38.8 Å². The minimum absolute atomic E-state index is 0.00213. The number of rotatable bonds is 4. The second-order valence-electron chi connectivity index (χ2n) is 8.13. The lowest BCUT2D eigenvalue weighted by atomic mass is 9.95. The SMILES string of the molecule is CN(C)C(=O)c1ccc(NC(=O)C2CCN(c3ccc4nnc(C(F)(F)F)n4n3)CC2)cc1Cl. The topological polar surface area (TPSA) is 95.7 Å². The molecule has 3 aromatic rings. The number of aromatic nitrogens is 4. The van der Waals surface area contributed by atoms with E-state index in [0.717, 1.165) is 0 Å². The molecule has 34 heavy (non-hydrogen) atoms. The Balaban J connectivity index is 1.40. The minimum atomic E-state index is -4.67. The Labute approximate surface area is 197 Å². The van der Waals surface area contributed by atoms with Crippen molar-refractivity contribution in [1.82, 2.24) is 24.7 Å². The van der Waals surface area contributed by atoms with E-state index < -0.39 is 12.0 Å². The Morgan fingerprint density at radius 3 is 2.44 bits per heavy atom. The number of nitrogens with zero attached hydrogens (tertiary/aromatic N) is 6. The van der Waals surface area contributed by atoms with Gasteiger partial charge in [-0.2, -0.15) is 17.7 Å². The van der Waals surface area contributed by atoms with Gasteiger partial charge in [0.15, 0.2) is 5.65 Å². The van der Waals surface area contributed by atoms with Gasteiger partial charge in [0.05, 0.1) is 10.6 Å². The van der Waals surface area contributed by atoms with Crippen molar-refractivity contribution in [3.8, 4) is 0 Å². The molecular formula is C21H21ClF3N7O2. The Bertz CT molecular complexity index is 1240. The van der Waals surface area contributed by atoms with Crippen LogP contribution in [0.5, 0.6) is 0 Å². The molecule has 2 aromatic heterocycles. The fraction of sp³-hybridized carbons (Fsp3) is 0.381. The van der Waals surface area contributed by atoms with E-state index in [2.05, 4.69) is 20.6 Å². The molecule has 1 saturated heterocycles. The van der Waals surface area contributed by atoms with Gasteiger partial charge in [-0.15, -0.1) is 15.3 Å². The van der Waals surface area contributed by atoms with E-state index >= 15 is 0 Å². The number of benzene rings is 1. The molecular weight excluding hydrogens is 475 g/mol. The lowest BCUT2D eigenvalue weighted by molar-refractivity contribution is -0.146. The summed E-state index contributed by atoms with van der Waals surface area (Å²) in [4.78, 5) is 28.1. The predicted molar refractivity (Wildman–Crippen MR) is 119 cm³/mol. The van der Waals surface area contributed by atoms with Crippen LogP contribution in [0.1, 0.15) is 29.0 Å². The van der Waals surface area contributed by atoms with Crippen molar-refractivity contribution < 1.29 is 22.8 Å². The normalized spacial score (nSPS) is 14.9. The van der Waals surface area contributed by atoms with Gasteiger partial charge in [-0.1, -0.05) is 11.6 Å². The van der Waals surface area contributed by atoms with Crippen LogP contribution >= 0.6 is 11.6 Å². The largest absolute Gasteiger partial charge is 0.453 e. The van der Waals surface area contributed by atoms with E-state index in [-0.39, 0.29) is 28.4 Å². The van der Waals surface area contributed by atoms with Crippen LogP contribution in [0.25, 0.3) is 5.65 Å². The number of carbonyl (C=O) groups excluding carboxylic acids is 2. The summed E-state index contributed by atoms with van der Waals surface area (Å²) in [7, 11) is 3.24. The summed E-state index contributed by atoms with van der Waals surface area (Å²) in [5, 5.41) is 13.8. The van der Waals surface area contributed by atoms with Crippen LogP contribution in [0.4, 0.5) is 24.7 Å². The van der Waals surface area contributed by atoms with Gasteiger partial charge in [0.1, 0.15) is 5.82 Å². The van der Waals surface area contributed by atoms with E-state index in [1.807, 2.05) is 4.90 Å². The van der Waals surface area contributed by atoms with Crippen molar-refractivity contribution in [3.63, 3.8) is 0 Å². The van der Waals surface area contributed by atoms with Crippen LogP contribution in [-0.4, -0.2) is 63.7 Å². The van der Waals surface area contributed by atoms with E-state index in [1.54, 1.807) is 32.3 Å². The molecule has 1 aliphatic rings. The highest BCUT2D eigenvalue weighted by atomic mass is 35.5. The predicted octanol–water partition coefficient (Wildman–Crippen LogP) is 3.35. The number of nitrogens with one attached hydrogen (secondary N) is 1. The summed E-state index contributed by atoms with van der Waals surface area (Å²) in [5.74, 6) is -1.55. The molecule has 4 rings (SSSR count). The summed E-state index contributed by atoms with van der Waals surface area (Å²) in [5.41, 5.74) is 0.818. The quantitative estimate of drug-likeness (QED) is 0.596. The molecule has 1 N–H and O–H groups in total. The van der Waals surface area contributed by atoms with Gasteiger partial charge in [-0.05, 0) is 43.2 Å². The first-order valence-corrected chi connectivity index (χ1v) is 10.8. The zero-order valence-electron chi connectivity index (χ0n) is 18.3. The number of hydrogen-bond donors (Lipinski definition) is 1. The molecule has 2 amide bonds. The van der Waals surface area contributed by atoms with Gasteiger partial charge in [0.25, 0.3) is 11.7 Å². The van der Waals surface area contributed by atoms with Crippen LogP contribution in [-0.2, 0) is 11.0 Å². The highest BCUT2D eigenvalue weighted by Gasteiger charge is 2.38. The number of amides is 2. The number of carbonyl (C=O) groups is 2. The number of halogens is 4. The standard InChI is InChI=1S/C21H21ClF3N7O2/c1-30(2)19(34)14-4-3-13(11-15(14)22)26-18(33)12-7-9-31(10-8-12)17-6-5-16-27-28-20(21(23,24)25)32(16)29-17/h3-6,11-12H,7-10H2,1-2H3,(H,26,33). The number of alkyl halides is 3. The molecule has 0 spiro atoms. The fourth-order valence-corrected chi connectivity index (χ4v) is 4.01. The molecule has 0 aliphatic carbocycles. The van der Waals surface area contributed by atoms with Crippen molar-refractivity contribution in [2.75, 3.05) is 37.4 Å².